The third-order valence-corrected chi connectivity index (χ3v) is 5.01. The molecule has 2 heterocycles. The number of anilines is 1. The number of hydrogen-bond acceptors (Lipinski definition) is 8. The summed E-state index contributed by atoms with van der Waals surface area (Å²) in [4.78, 5) is 28.2. The van der Waals surface area contributed by atoms with E-state index in [1.807, 2.05) is 18.4 Å². The van der Waals surface area contributed by atoms with Crippen molar-refractivity contribution < 1.29 is 27.2 Å². The Balaban J connectivity index is 1.59. The molecule has 0 atom stereocenters. The van der Waals surface area contributed by atoms with Gasteiger partial charge < -0.3 is 14.5 Å². The van der Waals surface area contributed by atoms with E-state index in [0.717, 1.165) is 28.4 Å². The lowest BCUT2D eigenvalue weighted by molar-refractivity contribution is -0.119. The van der Waals surface area contributed by atoms with Gasteiger partial charge in [0, 0.05) is 16.6 Å². The van der Waals surface area contributed by atoms with Crippen LogP contribution in [0.4, 0.5) is 5.69 Å². The summed E-state index contributed by atoms with van der Waals surface area (Å²) in [5.74, 6) is -1.94. The van der Waals surface area contributed by atoms with Gasteiger partial charge in [-0.3, -0.25) is 4.79 Å². The molecule has 9 nitrogen and oxygen atoms in total. The molecular weight excluding hydrogens is 406 g/mol. The number of sulfonamides is 1. The molecule has 1 amide bonds. The number of nitrogens with two attached hydrogens (primary N) is 1. The maximum Gasteiger partial charge on any atom is 0.374 e. The highest BCUT2D eigenvalue weighted by atomic mass is 32.2. The summed E-state index contributed by atoms with van der Waals surface area (Å²) in [7, 11) is -4.07. The monoisotopic (exact) mass is 421 g/mol. The van der Waals surface area contributed by atoms with Crippen LogP contribution in [0.5, 0.6) is 0 Å². The number of nitrogens with one attached hydrogen (secondary N) is 1. The highest BCUT2D eigenvalue weighted by molar-refractivity contribution is 7.89. The van der Waals surface area contributed by atoms with Gasteiger partial charge in [-0.15, -0.1) is 11.3 Å². The molecule has 3 rings (SSSR count). The number of aryl methyl sites for hydroxylation is 1. The third kappa shape index (κ3) is 4.82. The number of carbonyl (C=O) groups is 2. The second kappa shape index (κ2) is 7.92. The number of primary sulfonamides is 1. The molecule has 11 heteroatoms. The maximum absolute atomic E-state index is 12.0. The number of furan rings is 1. The van der Waals surface area contributed by atoms with Crippen molar-refractivity contribution in [3.63, 3.8) is 0 Å². The molecule has 0 aliphatic heterocycles. The molecular formula is C17H15N3O6S2. The second-order valence-electron chi connectivity index (χ2n) is 5.62. The van der Waals surface area contributed by atoms with E-state index >= 15 is 0 Å². The van der Waals surface area contributed by atoms with Crippen molar-refractivity contribution >= 4 is 38.9 Å². The number of rotatable bonds is 6. The van der Waals surface area contributed by atoms with E-state index in [-0.39, 0.29) is 5.76 Å². The molecule has 3 N–H and O–H groups in total. The molecule has 0 aliphatic rings. The molecule has 0 radical (unpaired) electrons. The average Bonchev–Trinajstić information content (AvgIpc) is 3.29. The van der Waals surface area contributed by atoms with E-state index < -0.39 is 33.6 Å². The molecule has 0 bridgehead atoms. The summed E-state index contributed by atoms with van der Waals surface area (Å²) >= 11 is 1.52. The fraction of sp³-hybridized carbons (Fsp3) is 0.118. The second-order valence-corrected chi connectivity index (χ2v) is 8.18. The Hall–Kier alpha value is -3.02. The fourth-order valence-electron chi connectivity index (χ4n) is 2.23. The Labute approximate surface area is 164 Å². The standard InChI is InChI=1S/C17H15N3O6S2/c1-10-19-13(9-27-10)11-3-2-4-12(7-11)20-15(21)8-25-17(22)14-5-6-16(26-14)28(18,23)24/h2-7,9H,8H2,1H3,(H,20,21)(H2,18,23,24). The minimum Gasteiger partial charge on any atom is -0.450 e. The first-order chi connectivity index (χ1) is 13.2. The minimum atomic E-state index is -4.07. The lowest BCUT2D eigenvalue weighted by Crippen LogP contribution is -2.20. The van der Waals surface area contributed by atoms with Crippen molar-refractivity contribution in [2.45, 2.75) is 12.0 Å². The van der Waals surface area contributed by atoms with Crippen molar-refractivity contribution in [1.82, 2.24) is 4.98 Å². The molecule has 0 unspecified atom stereocenters. The number of thiazole rings is 1. The largest absolute Gasteiger partial charge is 0.450 e. The molecule has 0 spiro atoms. The SMILES string of the molecule is Cc1nc(-c2cccc(NC(=O)COC(=O)c3ccc(S(N)(=O)=O)o3)c2)cs1. The Morgan fingerprint density at radius 2 is 2.07 bits per heavy atom. The fourth-order valence-corrected chi connectivity index (χ4v) is 3.32. The summed E-state index contributed by atoms with van der Waals surface area (Å²) < 4.78 is 31.9. The van der Waals surface area contributed by atoms with Gasteiger partial charge in [-0.1, -0.05) is 12.1 Å². The van der Waals surface area contributed by atoms with Gasteiger partial charge in [0.05, 0.1) is 10.7 Å². The first-order valence-corrected chi connectivity index (χ1v) is 10.3. The molecule has 2 aromatic heterocycles. The van der Waals surface area contributed by atoms with Crippen LogP contribution in [0.3, 0.4) is 0 Å². The Morgan fingerprint density at radius 1 is 1.29 bits per heavy atom. The van der Waals surface area contributed by atoms with E-state index in [4.69, 9.17) is 14.3 Å². The Morgan fingerprint density at radius 3 is 2.71 bits per heavy atom. The molecule has 0 aliphatic carbocycles. The van der Waals surface area contributed by atoms with E-state index in [0.29, 0.717) is 5.69 Å². The van der Waals surface area contributed by atoms with E-state index in [1.165, 1.54) is 11.3 Å². The van der Waals surface area contributed by atoms with Gasteiger partial charge in [-0.05, 0) is 31.2 Å². The van der Waals surface area contributed by atoms with E-state index in [2.05, 4.69) is 10.3 Å². The molecule has 1 aromatic carbocycles. The predicted molar refractivity (Wildman–Crippen MR) is 101 cm³/mol. The molecule has 3 aromatic rings. The van der Waals surface area contributed by atoms with Crippen LogP contribution >= 0.6 is 11.3 Å². The van der Waals surface area contributed by atoms with Crippen molar-refractivity contribution in [2.75, 3.05) is 11.9 Å². The van der Waals surface area contributed by atoms with Crippen LogP contribution in [0.2, 0.25) is 0 Å². The van der Waals surface area contributed by atoms with Crippen LogP contribution in [0.15, 0.2) is 51.3 Å². The van der Waals surface area contributed by atoms with Gasteiger partial charge in [0.1, 0.15) is 0 Å². The summed E-state index contributed by atoms with van der Waals surface area (Å²) in [5, 5.41) is 9.77. The number of hydrogen-bond donors (Lipinski definition) is 2. The van der Waals surface area contributed by atoms with Crippen molar-refractivity contribution in [1.29, 1.82) is 0 Å². The highest BCUT2D eigenvalue weighted by Crippen LogP contribution is 2.24. The predicted octanol–water partition coefficient (Wildman–Crippen LogP) is 2.15. The first-order valence-electron chi connectivity index (χ1n) is 7.84. The van der Waals surface area contributed by atoms with Gasteiger partial charge >= 0.3 is 5.97 Å². The average molecular weight is 421 g/mol. The normalized spacial score (nSPS) is 11.2. The van der Waals surface area contributed by atoms with Gasteiger partial charge in [0.25, 0.3) is 15.9 Å². The summed E-state index contributed by atoms with van der Waals surface area (Å²) in [6.45, 7) is 1.32. The summed E-state index contributed by atoms with van der Waals surface area (Å²) in [5.41, 5.74) is 2.15. The molecule has 0 saturated heterocycles. The third-order valence-electron chi connectivity index (χ3n) is 3.46. The van der Waals surface area contributed by atoms with Crippen LogP contribution < -0.4 is 10.5 Å². The zero-order valence-electron chi connectivity index (χ0n) is 14.5. The first kappa shape index (κ1) is 19.7. The molecule has 0 saturated carbocycles. The zero-order valence-corrected chi connectivity index (χ0v) is 16.2. The number of ether oxygens (including phenoxy) is 1. The van der Waals surface area contributed by atoms with Crippen LogP contribution in [-0.4, -0.2) is 31.9 Å². The molecule has 146 valence electrons. The topological polar surface area (TPSA) is 142 Å². The van der Waals surface area contributed by atoms with Crippen LogP contribution in [0.1, 0.15) is 15.6 Å². The number of esters is 1. The van der Waals surface area contributed by atoms with Gasteiger partial charge in [0.2, 0.25) is 10.9 Å². The number of nitrogens with zero attached hydrogens (tertiary/aromatic N) is 1. The smallest absolute Gasteiger partial charge is 0.374 e. The van der Waals surface area contributed by atoms with Gasteiger partial charge in [-0.25, -0.2) is 23.3 Å². The Kier molecular flexibility index (Phi) is 5.58. The lowest BCUT2D eigenvalue weighted by Gasteiger charge is -2.07. The van der Waals surface area contributed by atoms with Gasteiger partial charge in [-0.2, -0.15) is 0 Å². The van der Waals surface area contributed by atoms with Crippen molar-refractivity contribution in [3.05, 3.63) is 52.5 Å². The summed E-state index contributed by atoms with van der Waals surface area (Å²) in [6.07, 6.45) is 0. The molecule has 28 heavy (non-hydrogen) atoms. The number of aromatic nitrogens is 1. The highest BCUT2D eigenvalue weighted by Gasteiger charge is 2.19. The number of carbonyl (C=O) groups excluding carboxylic acids is 2. The quantitative estimate of drug-likeness (QED) is 0.581. The van der Waals surface area contributed by atoms with Crippen molar-refractivity contribution in [3.8, 4) is 11.3 Å². The number of amides is 1. The molecule has 0 fully saturated rings. The minimum absolute atomic E-state index is 0.377. The van der Waals surface area contributed by atoms with Crippen molar-refractivity contribution in [2.24, 2.45) is 5.14 Å². The summed E-state index contributed by atoms with van der Waals surface area (Å²) in [6, 6.07) is 9.19. The van der Waals surface area contributed by atoms with E-state index in [1.54, 1.807) is 18.2 Å². The maximum atomic E-state index is 12.0. The van der Waals surface area contributed by atoms with E-state index in [9.17, 15) is 18.0 Å². The zero-order chi connectivity index (χ0) is 20.3. The van der Waals surface area contributed by atoms with Crippen LogP contribution in [-0.2, 0) is 19.6 Å². The van der Waals surface area contributed by atoms with Crippen LogP contribution in [0, 0.1) is 6.92 Å². The lowest BCUT2D eigenvalue weighted by atomic mass is 10.1. The van der Waals surface area contributed by atoms with Crippen LogP contribution in [0.25, 0.3) is 11.3 Å². The Bertz CT molecular complexity index is 1130. The van der Waals surface area contributed by atoms with Gasteiger partial charge in [0.15, 0.2) is 6.61 Å². The number of benzene rings is 1.